The number of rotatable bonds is 3. The Labute approximate surface area is 138 Å². The molecule has 0 fully saturated rings. The van der Waals surface area contributed by atoms with Gasteiger partial charge in [0.25, 0.3) is 0 Å². The third kappa shape index (κ3) is 4.96. The Morgan fingerprint density at radius 2 is 1.80 bits per heavy atom. The number of nitrogens with zero attached hydrogens (tertiary/aromatic N) is 3. The molecule has 2 rings (SSSR count). The summed E-state index contributed by atoms with van der Waals surface area (Å²) in [6.07, 6.45) is -7.35. The van der Waals surface area contributed by atoms with Crippen LogP contribution < -0.4 is 0 Å². The van der Waals surface area contributed by atoms with Gasteiger partial charge < -0.3 is 5.11 Å². The van der Waals surface area contributed by atoms with Crippen molar-refractivity contribution in [2.24, 2.45) is 0 Å². The van der Waals surface area contributed by atoms with Crippen molar-refractivity contribution < 1.29 is 31.4 Å². The van der Waals surface area contributed by atoms with E-state index in [-0.39, 0.29) is 6.54 Å². The molecule has 134 valence electrons. The van der Waals surface area contributed by atoms with Crippen LogP contribution in [0.5, 0.6) is 0 Å². The molecule has 0 saturated carbocycles. The van der Waals surface area contributed by atoms with Crippen LogP contribution in [-0.4, -0.2) is 26.0 Å². The Hall–Kier alpha value is -2.54. The molecule has 25 heavy (non-hydrogen) atoms. The monoisotopic (exact) mass is 363 g/mol. The zero-order chi connectivity index (χ0) is 18.9. The third-order valence-corrected chi connectivity index (χ3v) is 3.19. The molecule has 0 radical (unpaired) electrons. The Kier molecular flexibility index (Phi) is 4.81. The number of aromatic nitrogens is 3. The SMILES string of the molecule is CC(O)(Cn1cncn1)c1ccc(C#CC(F)(F)F)cc1C(F)(F)F. The van der Waals surface area contributed by atoms with E-state index in [0.717, 1.165) is 36.0 Å². The Morgan fingerprint density at radius 3 is 2.32 bits per heavy atom. The van der Waals surface area contributed by atoms with Gasteiger partial charge in [0.05, 0.1) is 12.1 Å². The van der Waals surface area contributed by atoms with Crippen LogP contribution >= 0.6 is 0 Å². The standard InChI is InChI=1S/C15H11F6N3O/c1-13(25,7-24-9-22-8-23-24)11-3-2-10(4-5-14(16,17)18)6-12(11)15(19,20)21/h2-3,6,8-9,25H,7H2,1H3. The zero-order valence-corrected chi connectivity index (χ0v) is 12.7. The van der Waals surface area contributed by atoms with Crippen molar-refractivity contribution in [1.29, 1.82) is 0 Å². The first-order valence-corrected chi connectivity index (χ1v) is 6.75. The molecular formula is C15H11F6N3O. The second kappa shape index (κ2) is 6.40. The molecule has 0 saturated heterocycles. The molecule has 1 aromatic carbocycles. The first-order chi connectivity index (χ1) is 11.4. The molecule has 0 spiro atoms. The summed E-state index contributed by atoms with van der Waals surface area (Å²) >= 11 is 0. The van der Waals surface area contributed by atoms with Gasteiger partial charge in [-0.2, -0.15) is 31.4 Å². The summed E-state index contributed by atoms with van der Waals surface area (Å²) in [6, 6.07) is 2.36. The summed E-state index contributed by atoms with van der Waals surface area (Å²) in [6.45, 7) is 0.809. The lowest BCUT2D eigenvalue weighted by Gasteiger charge is -2.27. The number of benzene rings is 1. The van der Waals surface area contributed by atoms with Crippen LogP contribution in [0, 0.1) is 11.8 Å². The van der Waals surface area contributed by atoms with Crippen LogP contribution in [0.3, 0.4) is 0 Å². The number of hydrogen-bond donors (Lipinski definition) is 1. The van der Waals surface area contributed by atoms with Gasteiger partial charge in [0.1, 0.15) is 18.3 Å². The highest BCUT2D eigenvalue weighted by molar-refractivity contribution is 5.44. The molecule has 2 aromatic rings. The fraction of sp³-hybridized carbons (Fsp3) is 0.333. The van der Waals surface area contributed by atoms with Crippen molar-refractivity contribution in [1.82, 2.24) is 14.8 Å². The van der Waals surface area contributed by atoms with Crippen molar-refractivity contribution in [2.45, 2.75) is 31.4 Å². The van der Waals surface area contributed by atoms with Crippen molar-refractivity contribution in [3.8, 4) is 11.8 Å². The van der Waals surface area contributed by atoms with Gasteiger partial charge in [-0.3, -0.25) is 0 Å². The molecule has 1 N–H and O–H groups in total. The summed E-state index contributed by atoms with van der Waals surface area (Å²) in [5.41, 5.74) is -4.24. The fourth-order valence-corrected chi connectivity index (χ4v) is 2.18. The maximum Gasteiger partial charge on any atom is 0.458 e. The second-order valence-electron chi connectivity index (χ2n) is 5.37. The molecule has 0 bridgehead atoms. The van der Waals surface area contributed by atoms with Crippen LogP contribution in [0.2, 0.25) is 0 Å². The van der Waals surface area contributed by atoms with Crippen LogP contribution in [-0.2, 0) is 18.3 Å². The highest BCUT2D eigenvalue weighted by atomic mass is 19.4. The lowest BCUT2D eigenvalue weighted by atomic mass is 9.89. The predicted molar refractivity (Wildman–Crippen MR) is 74.0 cm³/mol. The van der Waals surface area contributed by atoms with Crippen molar-refractivity contribution in [3.63, 3.8) is 0 Å². The predicted octanol–water partition coefficient (Wildman–Crippen LogP) is 3.12. The molecular weight excluding hydrogens is 352 g/mol. The third-order valence-electron chi connectivity index (χ3n) is 3.19. The van der Waals surface area contributed by atoms with Crippen molar-refractivity contribution >= 4 is 0 Å². The first-order valence-electron chi connectivity index (χ1n) is 6.75. The summed E-state index contributed by atoms with van der Waals surface area (Å²) < 4.78 is 77.3. The van der Waals surface area contributed by atoms with Crippen molar-refractivity contribution in [3.05, 3.63) is 47.5 Å². The maximum atomic E-state index is 13.3. The average Bonchev–Trinajstić information content (AvgIpc) is 2.95. The van der Waals surface area contributed by atoms with Gasteiger partial charge in [0.2, 0.25) is 0 Å². The van der Waals surface area contributed by atoms with E-state index >= 15 is 0 Å². The van der Waals surface area contributed by atoms with E-state index in [4.69, 9.17) is 0 Å². The quantitative estimate of drug-likeness (QED) is 0.674. The van der Waals surface area contributed by atoms with Crippen LogP contribution in [0.15, 0.2) is 30.9 Å². The molecule has 10 heteroatoms. The molecule has 0 aliphatic heterocycles. The molecule has 1 atom stereocenters. The largest absolute Gasteiger partial charge is 0.458 e. The molecule has 0 amide bonds. The lowest BCUT2D eigenvalue weighted by molar-refractivity contribution is -0.140. The van der Waals surface area contributed by atoms with E-state index in [0.29, 0.717) is 6.07 Å². The van der Waals surface area contributed by atoms with Gasteiger partial charge in [0.15, 0.2) is 0 Å². The number of alkyl halides is 6. The second-order valence-corrected chi connectivity index (χ2v) is 5.37. The van der Waals surface area contributed by atoms with Gasteiger partial charge in [-0.1, -0.05) is 12.0 Å². The Balaban J connectivity index is 2.48. The molecule has 0 aliphatic carbocycles. The van der Waals surface area contributed by atoms with E-state index in [1.165, 1.54) is 6.33 Å². The molecule has 1 unspecified atom stereocenters. The summed E-state index contributed by atoms with van der Waals surface area (Å²) in [7, 11) is 0. The molecule has 0 aliphatic rings. The van der Waals surface area contributed by atoms with Crippen LogP contribution in [0.1, 0.15) is 23.6 Å². The minimum atomic E-state index is -4.89. The molecule has 4 nitrogen and oxygen atoms in total. The average molecular weight is 363 g/mol. The van der Waals surface area contributed by atoms with Gasteiger partial charge in [0, 0.05) is 11.5 Å². The molecule has 1 heterocycles. The van der Waals surface area contributed by atoms with E-state index in [2.05, 4.69) is 10.1 Å². The zero-order valence-electron chi connectivity index (χ0n) is 12.7. The van der Waals surface area contributed by atoms with Crippen LogP contribution in [0.4, 0.5) is 26.3 Å². The van der Waals surface area contributed by atoms with E-state index < -0.39 is 34.6 Å². The van der Waals surface area contributed by atoms with Gasteiger partial charge in [-0.15, -0.1) is 0 Å². The summed E-state index contributed by atoms with van der Waals surface area (Å²) in [4.78, 5) is 3.63. The Morgan fingerprint density at radius 1 is 1.12 bits per heavy atom. The lowest BCUT2D eigenvalue weighted by Crippen LogP contribution is -2.31. The van der Waals surface area contributed by atoms with Gasteiger partial charge in [-0.05, 0) is 24.6 Å². The minimum absolute atomic E-state index is 0.330. The summed E-state index contributed by atoms with van der Waals surface area (Å²) in [5, 5.41) is 14.2. The van der Waals surface area contributed by atoms with E-state index in [1.807, 2.05) is 0 Å². The maximum absolute atomic E-state index is 13.3. The van der Waals surface area contributed by atoms with Crippen molar-refractivity contribution in [2.75, 3.05) is 0 Å². The number of hydrogen-bond acceptors (Lipinski definition) is 3. The number of halogens is 6. The smallest absolute Gasteiger partial charge is 0.383 e. The van der Waals surface area contributed by atoms with Gasteiger partial charge >= 0.3 is 12.4 Å². The highest BCUT2D eigenvalue weighted by Crippen LogP contribution is 2.38. The van der Waals surface area contributed by atoms with E-state index in [1.54, 1.807) is 5.92 Å². The van der Waals surface area contributed by atoms with E-state index in [9.17, 15) is 31.4 Å². The first kappa shape index (κ1) is 18.8. The summed E-state index contributed by atoms with van der Waals surface area (Å²) in [5.74, 6) is 2.55. The van der Waals surface area contributed by atoms with Gasteiger partial charge in [-0.25, -0.2) is 9.67 Å². The molecule has 1 aromatic heterocycles. The fourth-order valence-electron chi connectivity index (χ4n) is 2.18. The van der Waals surface area contributed by atoms with Crippen LogP contribution in [0.25, 0.3) is 0 Å². The highest BCUT2D eigenvalue weighted by Gasteiger charge is 2.39. The number of aliphatic hydroxyl groups is 1. The minimum Gasteiger partial charge on any atom is -0.383 e. The normalized spacial score (nSPS) is 14.6. The Bertz CT molecular complexity index is 797. The topological polar surface area (TPSA) is 50.9 Å².